The fraction of sp³-hybridized carbons (Fsp3) is 0.208. The number of hydrogen-bond donors (Lipinski definition) is 3. The van der Waals surface area contributed by atoms with Crippen LogP contribution in [0.4, 0.5) is 8.78 Å². The molecular formula is C24H23F2N3O3. The summed E-state index contributed by atoms with van der Waals surface area (Å²) in [6.07, 6.45) is 0.0285. The van der Waals surface area contributed by atoms with Gasteiger partial charge in [-0.25, -0.2) is 8.78 Å². The Kier molecular flexibility index (Phi) is 7.14. The van der Waals surface area contributed by atoms with Crippen LogP contribution in [0.15, 0.2) is 60.7 Å². The van der Waals surface area contributed by atoms with Crippen LogP contribution in [0.1, 0.15) is 29.8 Å². The zero-order valence-corrected chi connectivity index (χ0v) is 17.6. The molecule has 3 N–H and O–H groups in total. The van der Waals surface area contributed by atoms with Crippen LogP contribution in [0.3, 0.4) is 0 Å². The second-order valence-electron chi connectivity index (χ2n) is 7.64. The highest BCUT2D eigenvalue weighted by Gasteiger charge is 2.27. The second-order valence-corrected chi connectivity index (χ2v) is 7.64. The third-order valence-electron chi connectivity index (χ3n) is 4.98. The number of carbonyl (C=O) groups excluding carboxylic acids is 3. The van der Waals surface area contributed by atoms with Gasteiger partial charge in [0.1, 0.15) is 23.2 Å². The molecule has 32 heavy (non-hydrogen) atoms. The van der Waals surface area contributed by atoms with Gasteiger partial charge in [0.2, 0.25) is 5.91 Å². The van der Waals surface area contributed by atoms with Crippen LogP contribution >= 0.6 is 0 Å². The summed E-state index contributed by atoms with van der Waals surface area (Å²) in [7, 11) is 0. The van der Waals surface area contributed by atoms with Gasteiger partial charge in [0.05, 0.1) is 6.42 Å². The Labute approximate surface area is 184 Å². The van der Waals surface area contributed by atoms with Crippen molar-refractivity contribution in [1.82, 2.24) is 16.2 Å². The lowest BCUT2D eigenvalue weighted by atomic mass is 10.0. The Balaban J connectivity index is 1.63. The van der Waals surface area contributed by atoms with Crippen LogP contribution in [0.2, 0.25) is 0 Å². The lowest BCUT2D eigenvalue weighted by Gasteiger charge is -2.22. The number of benzene rings is 3. The van der Waals surface area contributed by atoms with Gasteiger partial charge in [-0.15, -0.1) is 0 Å². The predicted molar refractivity (Wildman–Crippen MR) is 116 cm³/mol. The van der Waals surface area contributed by atoms with Crippen molar-refractivity contribution in [2.45, 2.75) is 26.3 Å². The second kappa shape index (κ2) is 10.00. The SMILES string of the molecule is CC(C)C(NC(=O)c1c(F)cccc1F)C(=O)NNC(=O)Cc1cccc2ccccc12. The molecule has 8 heteroatoms. The van der Waals surface area contributed by atoms with E-state index in [0.717, 1.165) is 34.5 Å². The van der Waals surface area contributed by atoms with Gasteiger partial charge < -0.3 is 5.32 Å². The number of hydrogen-bond acceptors (Lipinski definition) is 3. The minimum absolute atomic E-state index is 0.0285. The summed E-state index contributed by atoms with van der Waals surface area (Å²) in [5.74, 6) is -4.71. The Morgan fingerprint density at radius 3 is 2.16 bits per heavy atom. The maximum Gasteiger partial charge on any atom is 0.261 e. The first-order valence-electron chi connectivity index (χ1n) is 10.1. The minimum Gasteiger partial charge on any atom is -0.340 e. The molecule has 0 spiro atoms. The zero-order valence-electron chi connectivity index (χ0n) is 17.6. The number of rotatable bonds is 6. The van der Waals surface area contributed by atoms with Gasteiger partial charge >= 0.3 is 0 Å². The molecule has 6 nitrogen and oxygen atoms in total. The Morgan fingerprint density at radius 2 is 1.47 bits per heavy atom. The molecule has 166 valence electrons. The van der Waals surface area contributed by atoms with Gasteiger partial charge in [0.15, 0.2) is 0 Å². The van der Waals surface area contributed by atoms with Crippen LogP contribution < -0.4 is 16.2 Å². The number of amides is 3. The van der Waals surface area contributed by atoms with Gasteiger partial charge in [0.25, 0.3) is 11.8 Å². The Bertz CT molecular complexity index is 1140. The van der Waals surface area contributed by atoms with Crippen molar-refractivity contribution in [3.05, 3.63) is 83.4 Å². The third-order valence-corrected chi connectivity index (χ3v) is 4.98. The van der Waals surface area contributed by atoms with Crippen LogP contribution in [0.25, 0.3) is 10.8 Å². The average Bonchev–Trinajstić information content (AvgIpc) is 2.76. The van der Waals surface area contributed by atoms with E-state index >= 15 is 0 Å². The Morgan fingerprint density at radius 1 is 0.844 bits per heavy atom. The van der Waals surface area contributed by atoms with Crippen molar-refractivity contribution >= 4 is 28.5 Å². The molecule has 0 saturated carbocycles. The lowest BCUT2D eigenvalue weighted by molar-refractivity contribution is -0.130. The van der Waals surface area contributed by atoms with Crippen molar-refractivity contribution in [3.63, 3.8) is 0 Å². The molecule has 0 aliphatic heterocycles. The monoisotopic (exact) mass is 439 g/mol. The molecule has 1 atom stereocenters. The van der Waals surface area contributed by atoms with E-state index in [-0.39, 0.29) is 6.42 Å². The topological polar surface area (TPSA) is 87.3 Å². The quantitative estimate of drug-likeness (QED) is 0.516. The van der Waals surface area contributed by atoms with Gasteiger partial charge in [0, 0.05) is 0 Å². The van der Waals surface area contributed by atoms with E-state index in [4.69, 9.17) is 0 Å². The molecule has 0 heterocycles. The van der Waals surface area contributed by atoms with E-state index in [0.29, 0.717) is 0 Å². The van der Waals surface area contributed by atoms with Gasteiger partial charge in [-0.1, -0.05) is 62.4 Å². The van der Waals surface area contributed by atoms with E-state index in [9.17, 15) is 23.2 Å². The molecule has 0 fully saturated rings. The van der Waals surface area contributed by atoms with Crippen molar-refractivity contribution in [2.24, 2.45) is 5.92 Å². The highest BCUT2D eigenvalue weighted by Crippen LogP contribution is 2.19. The lowest BCUT2D eigenvalue weighted by Crippen LogP contribution is -2.54. The molecule has 3 aromatic rings. The van der Waals surface area contributed by atoms with Crippen LogP contribution in [-0.2, 0) is 16.0 Å². The molecule has 3 aromatic carbocycles. The van der Waals surface area contributed by atoms with E-state index in [2.05, 4.69) is 16.2 Å². The van der Waals surface area contributed by atoms with Gasteiger partial charge in [-0.05, 0) is 34.4 Å². The summed E-state index contributed by atoms with van der Waals surface area (Å²) in [6.45, 7) is 3.31. The van der Waals surface area contributed by atoms with E-state index < -0.39 is 46.9 Å². The number of carbonyl (C=O) groups is 3. The first-order chi connectivity index (χ1) is 15.3. The summed E-state index contributed by atoms with van der Waals surface area (Å²) in [4.78, 5) is 37.3. The van der Waals surface area contributed by atoms with Gasteiger partial charge in [-0.2, -0.15) is 0 Å². The summed E-state index contributed by atoms with van der Waals surface area (Å²) in [5, 5.41) is 4.25. The largest absolute Gasteiger partial charge is 0.340 e. The van der Waals surface area contributed by atoms with Crippen LogP contribution in [0, 0.1) is 17.6 Å². The van der Waals surface area contributed by atoms with Crippen molar-refractivity contribution in [1.29, 1.82) is 0 Å². The number of nitrogens with one attached hydrogen (secondary N) is 3. The van der Waals surface area contributed by atoms with E-state index in [1.54, 1.807) is 13.8 Å². The normalized spacial score (nSPS) is 11.8. The molecule has 0 aromatic heterocycles. The first kappa shape index (κ1) is 22.9. The summed E-state index contributed by atoms with van der Waals surface area (Å²) in [6, 6.07) is 15.1. The standard InChI is InChI=1S/C24H23F2N3O3/c1-14(2)22(27-23(31)21-18(25)11-6-12-19(21)26)24(32)29-28-20(30)13-16-9-5-8-15-7-3-4-10-17(15)16/h3-12,14,22H,13H2,1-2H3,(H,27,31)(H,28,30)(H,29,32). The molecular weight excluding hydrogens is 416 g/mol. The van der Waals surface area contributed by atoms with Crippen molar-refractivity contribution < 1.29 is 23.2 Å². The first-order valence-corrected chi connectivity index (χ1v) is 10.1. The van der Waals surface area contributed by atoms with Gasteiger partial charge in [-0.3, -0.25) is 25.2 Å². The zero-order chi connectivity index (χ0) is 23.3. The van der Waals surface area contributed by atoms with E-state index in [1.807, 2.05) is 42.5 Å². The van der Waals surface area contributed by atoms with Crippen molar-refractivity contribution in [3.8, 4) is 0 Å². The maximum atomic E-state index is 13.9. The van der Waals surface area contributed by atoms with Crippen molar-refractivity contribution in [2.75, 3.05) is 0 Å². The number of fused-ring (bicyclic) bond motifs is 1. The average molecular weight is 439 g/mol. The molecule has 0 radical (unpaired) electrons. The van der Waals surface area contributed by atoms with E-state index in [1.165, 1.54) is 0 Å². The molecule has 0 aliphatic rings. The van der Waals surface area contributed by atoms with Crippen LogP contribution in [0.5, 0.6) is 0 Å². The predicted octanol–water partition coefficient (Wildman–Crippen LogP) is 3.26. The Hall–Kier alpha value is -3.81. The number of halogens is 2. The molecule has 0 aliphatic carbocycles. The summed E-state index contributed by atoms with van der Waals surface area (Å²) in [5.41, 5.74) is 4.62. The smallest absolute Gasteiger partial charge is 0.261 e. The summed E-state index contributed by atoms with van der Waals surface area (Å²) < 4.78 is 27.7. The highest BCUT2D eigenvalue weighted by molar-refractivity contribution is 5.98. The highest BCUT2D eigenvalue weighted by atomic mass is 19.1. The maximum absolute atomic E-state index is 13.9. The molecule has 0 bridgehead atoms. The minimum atomic E-state index is -1.13. The number of hydrazine groups is 1. The van der Waals surface area contributed by atoms with Crippen LogP contribution in [-0.4, -0.2) is 23.8 Å². The molecule has 1 unspecified atom stereocenters. The molecule has 0 saturated heterocycles. The summed E-state index contributed by atoms with van der Waals surface area (Å²) >= 11 is 0. The molecule has 3 rings (SSSR count). The fourth-order valence-corrected chi connectivity index (χ4v) is 3.34. The molecule has 3 amide bonds. The third kappa shape index (κ3) is 5.26. The fourth-order valence-electron chi connectivity index (χ4n) is 3.34.